The number of phenolic OH excluding ortho intramolecular Hbond substituents is 1. The first-order valence-electron chi connectivity index (χ1n) is 4.94. The Labute approximate surface area is 109 Å². The minimum Gasteiger partial charge on any atom is -0.507 e. The van der Waals surface area contributed by atoms with Crippen LogP contribution in [0.25, 0.3) is 0 Å². The number of hydrogen-bond donors (Lipinski definition) is 2. The van der Waals surface area contributed by atoms with Crippen molar-refractivity contribution >= 4 is 21.9 Å². The molecule has 1 atom stereocenters. The molecule has 1 unspecified atom stereocenters. The maximum absolute atomic E-state index is 12.6. The van der Waals surface area contributed by atoms with Crippen LogP contribution in [0, 0.1) is 5.92 Å². The molecular weight excluding hydrogens is 317 g/mol. The molecule has 0 spiro atoms. The van der Waals surface area contributed by atoms with Crippen LogP contribution in [0.1, 0.15) is 18.1 Å². The molecule has 0 saturated heterocycles. The van der Waals surface area contributed by atoms with Gasteiger partial charge in [0.15, 0.2) is 0 Å². The molecule has 0 saturated carbocycles. The standard InChI is InChI=1S/C11H10BrF3O3/c1-5(10(17)18)2-6-3-7(12)4-8(9(6)16)11(13,14)15/h3-5,16H,2H2,1H3,(H,17,18). The fourth-order valence-electron chi connectivity index (χ4n) is 1.44. The topological polar surface area (TPSA) is 57.5 Å². The van der Waals surface area contributed by atoms with E-state index in [-0.39, 0.29) is 16.5 Å². The van der Waals surface area contributed by atoms with E-state index >= 15 is 0 Å². The number of alkyl halides is 3. The summed E-state index contributed by atoms with van der Waals surface area (Å²) < 4.78 is 38.0. The van der Waals surface area contributed by atoms with Gasteiger partial charge in [-0.2, -0.15) is 13.2 Å². The molecule has 1 aromatic rings. The van der Waals surface area contributed by atoms with Crippen LogP contribution in [0.2, 0.25) is 0 Å². The molecule has 0 amide bonds. The quantitative estimate of drug-likeness (QED) is 0.894. The number of rotatable bonds is 3. The highest BCUT2D eigenvalue weighted by atomic mass is 79.9. The highest BCUT2D eigenvalue weighted by Crippen LogP contribution is 2.40. The third-order valence-electron chi connectivity index (χ3n) is 2.41. The van der Waals surface area contributed by atoms with E-state index in [2.05, 4.69) is 15.9 Å². The minimum absolute atomic E-state index is 0.0494. The molecule has 0 heterocycles. The first-order valence-corrected chi connectivity index (χ1v) is 5.73. The average Bonchev–Trinajstić information content (AvgIpc) is 2.21. The molecule has 0 aliphatic rings. The van der Waals surface area contributed by atoms with Crippen molar-refractivity contribution in [3.8, 4) is 5.75 Å². The number of phenols is 1. The second-order valence-corrected chi connectivity index (χ2v) is 4.82. The summed E-state index contributed by atoms with van der Waals surface area (Å²) in [5.41, 5.74) is -1.23. The Morgan fingerprint density at radius 2 is 2.00 bits per heavy atom. The van der Waals surface area contributed by atoms with E-state index in [1.807, 2.05) is 0 Å². The largest absolute Gasteiger partial charge is 0.507 e. The lowest BCUT2D eigenvalue weighted by atomic mass is 9.98. The Hall–Kier alpha value is -1.24. The van der Waals surface area contributed by atoms with E-state index in [9.17, 15) is 23.1 Å². The molecule has 18 heavy (non-hydrogen) atoms. The van der Waals surface area contributed by atoms with Gasteiger partial charge in [0.1, 0.15) is 5.75 Å². The van der Waals surface area contributed by atoms with Gasteiger partial charge >= 0.3 is 12.1 Å². The van der Waals surface area contributed by atoms with Gasteiger partial charge in [-0.15, -0.1) is 0 Å². The van der Waals surface area contributed by atoms with Crippen molar-refractivity contribution in [3.05, 3.63) is 27.7 Å². The first-order chi connectivity index (χ1) is 8.12. The maximum Gasteiger partial charge on any atom is 0.420 e. The fraction of sp³-hybridized carbons (Fsp3) is 0.364. The highest BCUT2D eigenvalue weighted by molar-refractivity contribution is 9.10. The van der Waals surface area contributed by atoms with Gasteiger partial charge in [-0.25, -0.2) is 0 Å². The highest BCUT2D eigenvalue weighted by Gasteiger charge is 2.35. The Balaban J connectivity index is 3.22. The van der Waals surface area contributed by atoms with Crippen molar-refractivity contribution in [3.63, 3.8) is 0 Å². The first kappa shape index (κ1) is 14.8. The van der Waals surface area contributed by atoms with Gasteiger partial charge in [0.25, 0.3) is 0 Å². The van der Waals surface area contributed by atoms with Crippen molar-refractivity contribution in [2.45, 2.75) is 19.5 Å². The van der Waals surface area contributed by atoms with Gasteiger partial charge in [0, 0.05) is 4.47 Å². The lowest BCUT2D eigenvalue weighted by Crippen LogP contribution is -2.13. The third-order valence-corrected chi connectivity index (χ3v) is 2.86. The summed E-state index contributed by atoms with van der Waals surface area (Å²) in [5, 5.41) is 18.3. The number of aliphatic carboxylic acids is 1. The normalized spacial score (nSPS) is 13.4. The van der Waals surface area contributed by atoms with Crippen molar-refractivity contribution in [1.82, 2.24) is 0 Å². The zero-order chi connectivity index (χ0) is 14.1. The van der Waals surface area contributed by atoms with Crippen LogP contribution in [0.5, 0.6) is 5.75 Å². The van der Waals surface area contributed by atoms with Gasteiger partial charge in [-0.3, -0.25) is 4.79 Å². The fourth-order valence-corrected chi connectivity index (χ4v) is 1.95. The Morgan fingerprint density at radius 3 is 2.44 bits per heavy atom. The van der Waals surface area contributed by atoms with Gasteiger partial charge in [-0.05, 0) is 24.1 Å². The van der Waals surface area contributed by atoms with Crippen LogP contribution < -0.4 is 0 Å². The molecule has 1 aromatic carbocycles. The summed E-state index contributed by atoms with van der Waals surface area (Å²) in [6, 6.07) is 2.04. The molecule has 2 N–H and O–H groups in total. The van der Waals surface area contributed by atoms with E-state index < -0.39 is 29.4 Å². The summed E-state index contributed by atoms with van der Waals surface area (Å²) in [6.07, 6.45) is -4.86. The van der Waals surface area contributed by atoms with Crippen LogP contribution in [-0.2, 0) is 17.4 Å². The number of carbonyl (C=O) groups is 1. The van der Waals surface area contributed by atoms with Crippen LogP contribution in [0.4, 0.5) is 13.2 Å². The smallest absolute Gasteiger partial charge is 0.420 e. The van der Waals surface area contributed by atoms with Crippen molar-refractivity contribution in [2.75, 3.05) is 0 Å². The summed E-state index contributed by atoms with van der Waals surface area (Å²) in [5.74, 6) is -2.94. The monoisotopic (exact) mass is 326 g/mol. The SMILES string of the molecule is CC(Cc1cc(Br)cc(C(F)(F)F)c1O)C(=O)O. The molecular formula is C11H10BrF3O3. The van der Waals surface area contributed by atoms with Crippen molar-refractivity contribution in [2.24, 2.45) is 5.92 Å². The lowest BCUT2D eigenvalue weighted by molar-refractivity contribution is -0.141. The lowest BCUT2D eigenvalue weighted by Gasteiger charge is -2.14. The molecule has 0 radical (unpaired) electrons. The molecule has 0 fully saturated rings. The third kappa shape index (κ3) is 3.38. The van der Waals surface area contributed by atoms with Gasteiger partial charge < -0.3 is 10.2 Å². The summed E-state index contributed by atoms with van der Waals surface area (Å²) in [6.45, 7) is 1.36. The predicted molar refractivity (Wildman–Crippen MR) is 61.3 cm³/mol. The predicted octanol–water partition coefficient (Wildman–Crippen LogP) is 3.44. The molecule has 3 nitrogen and oxygen atoms in total. The van der Waals surface area contributed by atoms with E-state index in [0.717, 1.165) is 6.07 Å². The molecule has 0 aliphatic carbocycles. The van der Waals surface area contributed by atoms with Gasteiger partial charge in [-0.1, -0.05) is 22.9 Å². The van der Waals surface area contributed by atoms with Crippen LogP contribution >= 0.6 is 15.9 Å². The van der Waals surface area contributed by atoms with E-state index in [1.165, 1.54) is 13.0 Å². The number of aromatic hydroxyl groups is 1. The zero-order valence-electron chi connectivity index (χ0n) is 9.25. The molecule has 0 aliphatic heterocycles. The minimum atomic E-state index is -4.69. The molecule has 7 heteroatoms. The Bertz CT molecular complexity index is 471. The molecule has 0 aromatic heterocycles. The van der Waals surface area contributed by atoms with Crippen LogP contribution in [-0.4, -0.2) is 16.2 Å². The second kappa shape index (κ2) is 5.17. The van der Waals surface area contributed by atoms with Gasteiger partial charge in [0.2, 0.25) is 0 Å². The average molecular weight is 327 g/mol. The summed E-state index contributed by atoms with van der Waals surface area (Å²) in [7, 11) is 0. The Morgan fingerprint density at radius 1 is 1.44 bits per heavy atom. The van der Waals surface area contributed by atoms with E-state index in [1.54, 1.807) is 0 Å². The van der Waals surface area contributed by atoms with Crippen LogP contribution in [0.3, 0.4) is 0 Å². The second-order valence-electron chi connectivity index (χ2n) is 3.90. The number of benzene rings is 1. The van der Waals surface area contributed by atoms with E-state index in [4.69, 9.17) is 5.11 Å². The molecule has 1 rings (SSSR count). The van der Waals surface area contributed by atoms with Gasteiger partial charge in [0.05, 0.1) is 11.5 Å². The zero-order valence-corrected chi connectivity index (χ0v) is 10.8. The maximum atomic E-state index is 12.6. The molecule has 100 valence electrons. The number of halogens is 4. The number of carboxylic acid groups (broad SMARTS) is 1. The van der Waals surface area contributed by atoms with E-state index in [0.29, 0.717) is 0 Å². The summed E-state index contributed by atoms with van der Waals surface area (Å²) >= 11 is 2.91. The van der Waals surface area contributed by atoms with Crippen molar-refractivity contribution < 1.29 is 28.2 Å². The number of carboxylic acids is 1. The Kier molecular flexibility index (Phi) is 4.26. The van der Waals surface area contributed by atoms with Crippen LogP contribution in [0.15, 0.2) is 16.6 Å². The summed E-state index contributed by atoms with van der Waals surface area (Å²) in [4.78, 5) is 10.7. The van der Waals surface area contributed by atoms with Crippen molar-refractivity contribution in [1.29, 1.82) is 0 Å². The number of hydrogen-bond acceptors (Lipinski definition) is 2. The molecule has 0 bridgehead atoms.